The summed E-state index contributed by atoms with van der Waals surface area (Å²) in [7, 11) is 1.41. The van der Waals surface area contributed by atoms with Gasteiger partial charge >= 0.3 is 5.97 Å². The number of methoxy groups -OCH3 is 1. The van der Waals surface area contributed by atoms with Crippen LogP contribution in [0.15, 0.2) is 0 Å². The SMILES string of the molecule is CCC(CO)OC(COC(=O)CCCC(=O)NCCNC(=O)CCOCCOCCNC(=O)CCN1C(=O)CC(SC)C1=O)OC. The van der Waals surface area contributed by atoms with Crippen LogP contribution in [0.5, 0.6) is 0 Å². The Morgan fingerprint density at radius 2 is 1.54 bits per heavy atom. The number of aliphatic hydroxyl groups is 1. The summed E-state index contributed by atoms with van der Waals surface area (Å²) in [6.07, 6.45) is 1.98. The van der Waals surface area contributed by atoms with Gasteiger partial charge in [-0.05, 0) is 19.1 Å². The summed E-state index contributed by atoms with van der Waals surface area (Å²) in [4.78, 5) is 72.7. The van der Waals surface area contributed by atoms with Crippen LogP contribution in [0.1, 0.15) is 51.9 Å². The molecule has 46 heavy (non-hydrogen) atoms. The quantitative estimate of drug-likeness (QED) is 0.0360. The number of amides is 5. The molecule has 0 radical (unpaired) electrons. The van der Waals surface area contributed by atoms with Gasteiger partial charge in [0.2, 0.25) is 29.5 Å². The number of nitrogens with one attached hydrogen (secondary N) is 3. The third-order valence-corrected chi connectivity index (χ3v) is 7.60. The zero-order valence-corrected chi connectivity index (χ0v) is 27.9. The van der Waals surface area contributed by atoms with Crippen LogP contribution in [0.2, 0.25) is 0 Å². The normalized spacial score (nSPS) is 15.8. The molecule has 0 spiro atoms. The molecule has 1 saturated heterocycles. The Balaban J connectivity index is 1.94. The smallest absolute Gasteiger partial charge is 0.305 e. The highest BCUT2D eigenvalue weighted by Crippen LogP contribution is 2.23. The number of nitrogens with zero attached hydrogens (tertiary/aromatic N) is 1. The standard InChI is InChI=1S/C29H50N4O12S/c1-4-21(19-34)45-28(41-2)20-44-27(39)7-5-6-23(35)30-10-11-31-25(37)9-14-42-16-17-43-15-12-32-24(36)8-13-33-26(38)18-22(46-3)29(33)40/h21-22,28,34H,4-20H2,1-3H3,(H,30,35)(H,31,37)(H,32,36). The summed E-state index contributed by atoms with van der Waals surface area (Å²) >= 11 is 1.33. The van der Waals surface area contributed by atoms with Crippen LogP contribution >= 0.6 is 11.8 Å². The van der Waals surface area contributed by atoms with Gasteiger partial charge in [0.25, 0.3) is 0 Å². The zero-order valence-electron chi connectivity index (χ0n) is 27.0. The molecule has 0 aliphatic carbocycles. The van der Waals surface area contributed by atoms with Gasteiger partial charge in [0.15, 0.2) is 6.29 Å². The van der Waals surface area contributed by atoms with Gasteiger partial charge in [-0.2, -0.15) is 11.8 Å². The first kappa shape index (κ1) is 41.2. The number of hydrogen-bond donors (Lipinski definition) is 4. The van der Waals surface area contributed by atoms with Crippen molar-refractivity contribution in [2.75, 3.05) is 79.2 Å². The van der Waals surface area contributed by atoms with Crippen molar-refractivity contribution < 1.29 is 57.6 Å². The number of carbonyl (C=O) groups excluding carboxylic acids is 6. The Labute approximate surface area is 274 Å². The average Bonchev–Trinajstić information content (AvgIpc) is 3.32. The third kappa shape index (κ3) is 18.3. The molecule has 17 heteroatoms. The van der Waals surface area contributed by atoms with E-state index in [1.807, 2.05) is 6.92 Å². The molecule has 0 aromatic heterocycles. The van der Waals surface area contributed by atoms with Gasteiger partial charge in [0, 0.05) is 65.4 Å². The fourth-order valence-electron chi connectivity index (χ4n) is 3.98. The molecule has 1 aliphatic heterocycles. The molecular formula is C29H50N4O12S. The molecule has 0 saturated carbocycles. The van der Waals surface area contributed by atoms with E-state index in [1.165, 1.54) is 18.9 Å². The second-order valence-corrected chi connectivity index (χ2v) is 11.2. The Morgan fingerprint density at radius 3 is 2.15 bits per heavy atom. The highest BCUT2D eigenvalue weighted by Gasteiger charge is 2.37. The van der Waals surface area contributed by atoms with Gasteiger partial charge in [0.1, 0.15) is 6.61 Å². The number of rotatable bonds is 27. The minimum Gasteiger partial charge on any atom is -0.460 e. The number of imide groups is 1. The lowest BCUT2D eigenvalue weighted by molar-refractivity contribution is -0.194. The Kier molecular flexibility index (Phi) is 22.6. The van der Waals surface area contributed by atoms with E-state index in [9.17, 15) is 33.9 Å². The van der Waals surface area contributed by atoms with Gasteiger partial charge in [-0.25, -0.2) is 0 Å². The third-order valence-electron chi connectivity index (χ3n) is 6.66. The molecule has 0 aromatic rings. The van der Waals surface area contributed by atoms with Gasteiger partial charge in [-0.1, -0.05) is 6.92 Å². The second-order valence-electron chi connectivity index (χ2n) is 10.1. The molecule has 0 bridgehead atoms. The van der Waals surface area contributed by atoms with Crippen LogP contribution in [0.4, 0.5) is 0 Å². The lowest BCUT2D eigenvalue weighted by Crippen LogP contribution is -2.36. The maximum Gasteiger partial charge on any atom is 0.305 e. The van der Waals surface area contributed by atoms with Crippen LogP contribution in [-0.2, 0) is 52.5 Å². The second kappa shape index (κ2) is 25.3. The first-order chi connectivity index (χ1) is 22.1. The molecule has 1 fully saturated rings. The number of aliphatic hydroxyl groups excluding tert-OH is 1. The van der Waals surface area contributed by atoms with E-state index < -0.39 is 18.4 Å². The summed E-state index contributed by atoms with van der Waals surface area (Å²) < 4.78 is 26.4. The fraction of sp³-hybridized carbons (Fsp3) is 0.793. The van der Waals surface area contributed by atoms with Crippen molar-refractivity contribution >= 4 is 47.3 Å². The number of thioether (sulfide) groups is 1. The summed E-state index contributed by atoms with van der Waals surface area (Å²) in [5.74, 6) is -1.75. The number of likely N-dealkylation sites (tertiary alicyclic amines) is 1. The molecule has 1 aliphatic rings. The number of ether oxygens (including phenoxy) is 5. The monoisotopic (exact) mass is 678 g/mol. The first-order valence-electron chi connectivity index (χ1n) is 15.4. The van der Waals surface area contributed by atoms with E-state index in [0.717, 1.165) is 4.90 Å². The van der Waals surface area contributed by atoms with Crippen molar-refractivity contribution in [1.29, 1.82) is 0 Å². The molecule has 1 heterocycles. The maximum atomic E-state index is 12.1. The van der Waals surface area contributed by atoms with Crippen molar-refractivity contribution in [3.8, 4) is 0 Å². The van der Waals surface area contributed by atoms with Crippen molar-refractivity contribution in [3.05, 3.63) is 0 Å². The summed E-state index contributed by atoms with van der Waals surface area (Å²) in [6, 6.07) is 0. The van der Waals surface area contributed by atoms with Crippen LogP contribution < -0.4 is 16.0 Å². The summed E-state index contributed by atoms with van der Waals surface area (Å²) in [5, 5.41) is 16.8. The maximum absolute atomic E-state index is 12.1. The topological polar surface area (TPSA) is 208 Å². The van der Waals surface area contributed by atoms with Crippen LogP contribution in [-0.4, -0.2) is 142 Å². The van der Waals surface area contributed by atoms with E-state index in [0.29, 0.717) is 12.8 Å². The van der Waals surface area contributed by atoms with E-state index in [-0.39, 0.29) is 133 Å². The van der Waals surface area contributed by atoms with Gasteiger partial charge in [0.05, 0.1) is 44.4 Å². The molecule has 1 rings (SSSR count). The Hall–Kier alpha value is -2.83. The molecule has 0 aromatic carbocycles. The molecular weight excluding hydrogens is 628 g/mol. The summed E-state index contributed by atoms with van der Waals surface area (Å²) in [5.41, 5.74) is 0. The van der Waals surface area contributed by atoms with Gasteiger partial charge in [-0.3, -0.25) is 33.7 Å². The lowest BCUT2D eigenvalue weighted by atomic mass is 10.2. The van der Waals surface area contributed by atoms with E-state index >= 15 is 0 Å². The molecule has 3 unspecified atom stereocenters. The van der Waals surface area contributed by atoms with E-state index in [2.05, 4.69) is 16.0 Å². The predicted molar refractivity (Wildman–Crippen MR) is 166 cm³/mol. The molecule has 16 nitrogen and oxygen atoms in total. The molecule has 3 atom stereocenters. The number of esters is 1. The summed E-state index contributed by atoms with van der Waals surface area (Å²) in [6.45, 7) is 3.39. The average molecular weight is 679 g/mol. The van der Waals surface area contributed by atoms with Crippen LogP contribution in [0.3, 0.4) is 0 Å². The first-order valence-corrected chi connectivity index (χ1v) is 16.7. The van der Waals surface area contributed by atoms with Crippen molar-refractivity contribution in [1.82, 2.24) is 20.9 Å². The molecule has 5 amide bonds. The van der Waals surface area contributed by atoms with Crippen LogP contribution in [0.25, 0.3) is 0 Å². The number of hydrogen-bond acceptors (Lipinski definition) is 13. The van der Waals surface area contributed by atoms with E-state index in [4.69, 9.17) is 23.7 Å². The zero-order chi connectivity index (χ0) is 34.2. The fourth-order valence-corrected chi connectivity index (χ4v) is 4.61. The molecule has 4 N–H and O–H groups in total. The highest BCUT2D eigenvalue weighted by molar-refractivity contribution is 8.00. The predicted octanol–water partition coefficient (Wildman–Crippen LogP) is -0.888. The molecule has 264 valence electrons. The van der Waals surface area contributed by atoms with Crippen molar-refractivity contribution in [2.45, 2.75) is 69.5 Å². The van der Waals surface area contributed by atoms with Crippen molar-refractivity contribution in [3.63, 3.8) is 0 Å². The number of carbonyl (C=O) groups is 6. The Morgan fingerprint density at radius 1 is 0.913 bits per heavy atom. The Bertz CT molecular complexity index is 953. The minimum atomic E-state index is -0.784. The van der Waals surface area contributed by atoms with Crippen LogP contribution in [0, 0.1) is 0 Å². The van der Waals surface area contributed by atoms with Crippen molar-refractivity contribution in [2.24, 2.45) is 0 Å². The highest BCUT2D eigenvalue weighted by atomic mass is 32.2. The lowest BCUT2D eigenvalue weighted by Gasteiger charge is -2.21. The minimum absolute atomic E-state index is 0.0367. The van der Waals surface area contributed by atoms with E-state index in [1.54, 1.807) is 6.26 Å². The van der Waals surface area contributed by atoms with Gasteiger partial charge < -0.3 is 44.7 Å². The largest absolute Gasteiger partial charge is 0.460 e. The van der Waals surface area contributed by atoms with Gasteiger partial charge in [-0.15, -0.1) is 0 Å².